The van der Waals surface area contributed by atoms with Crippen LogP contribution in [-0.4, -0.2) is 35.3 Å². The van der Waals surface area contributed by atoms with Crippen LogP contribution >= 0.6 is 35.3 Å². The van der Waals surface area contributed by atoms with E-state index >= 15 is 0 Å². The van der Waals surface area contributed by atoms with Crippen molar-refractivity contribution in [2.75, 3.05) is 28.4 Å². The number of amides is 2. The van der Waals surface area contributed by atoms with E-state index in [0.717, 1.165) is 27.6 Å². The maximum atomic E-state index is 13.2. The highest BCUT2D eigenvalue weighted by atomic mass is 32.2. The predicted octanol–water partition coefficient (Wildman–Crippen LogP) is 7.02. The van der Waals surface area contributed by atoms with Gasteiger partial charge in [-0.25, -0.2) is 4.79 Å². The molecule has 1 atom stereocenters. The summed E-state index contributed by atoms with van der Waals surface area (Å²) in [6, 6.07) is 26.1. The van der Waals surface area contributed by atoms with Crippen molar-refractivity contribution in [3.63, 3.8) is 0 Å². The Hall–Kier alpha value is -4.19. The maximum Gasteiger partial charge on any atom is 0.341 e. The number of rotatable bonds is 9. The Kier molecular flexibility index (Phi) is 10.1. The largest absolute Gasteiger partial charge is 0.465 e. The number of nitrogens with one attached hydrogen (secondary N) is 4. The van der Waals surface area contributed by atoms with E-state index in [1.807, 2.05) is 72.8 Å². The summed E-state index contributed by atoms with van der Waals surface area (Å²) in [4.78, 5) is 40.0. The van der Waals surface area contributed by atoms with Gasteiger partial charge < -0.3 is 26.0 Å². The monoisotopic (exact) mass is 604 g/mol. The van der Waals surface area contributed by atoms with Crippen molar-refractivity contribution in [3.8, 4) is 0 Å². The number of thioether (sulfide) groups is 1. The fourth-order valence-electron chi connectivity index (χ4n) is 3.81. The molecule has 0 spiro atoms. The molecule has 0 aliphatic carbocycles. The third-order valence-corrected chi connectivity index (χ3v) is 8.32. The van der Waals surface area contributed by atoms with Crippen LogP contribution in [0.1, 0.15) is 32.5 Å². The summed E-state index contributed by atoms with van der Waals surface area (Å²) in [5, 5.41) is 12.1. The second-order valence-corrected chi connectivity index (χ2v) is 11.6. The molecule has 11 heteroatoms. The Morgan fingerprint density at radius 2 is 1.41 bits per heavy atom. The molecule has 4 N–H and O–H groups in total. The molecule has 0 bridgehead atoms. The minimum absolute atomic E-state index is 0.159. The molecule has 210 valence electrons. The van der Waals surface area contributed by atoms with Crippen LogP contribution in [0.5, 0.6) is 0 Å². The summed E-state index contributed by atoms with van der Waals surface area (Å²) in [6.07, 6.45) is 0. The van der Waals surface area contributed by atoms with Crippen molar-refractivity contribution in [3.05, 3.63) is 101 Å². The van der Waals surface area contributed by atoms with E-state index in [4.69, 9.17) is 17.0 Å². The summed E-state index contributed by atoms with van der Waals surface area (Å²) >= 11 is 7.80. The molecule has 0 aliphatic heterocycles. The van der Waals surface area contributed by atoms with Crippen LogP contribution < -0.4 is 21.3 Å². The number of thiocarbonyl (C=S) groups is 1. The van der Waals surface area contributed by atoms with Gasteiger partial charge in [-0.3, -0.25) is 9.59 Å². The summed E-state index contributed by atoms with van der Waals surface area (Å²) in [5.41, 5.74) is 2.86. The minimum atomic E-state index is -0.632. The average Bonchev–Trinajstić information content (AvgIpc) is 3.29. The Morgan fingerprint density at radius 3 is 2.05 bits per heavy atom. The minimum Gasteiger partial charge on any atom is -0.465 e. The van der Waals surface area contributed by atoms with Crippen molar-refractivity contribution in [1.82, 2.24) is 0 Å². The van der Waals surface area contributed by atoms with Gasteiger partial charge in [0.1, 0.15) is 5.00 Å². The normalized spacial score (nSPS) is 11.2. The molecule has 3 aromatic carbocycles. The maximum absolute atomic E-state index is 13.2. The third kappa shape index (κ3) is 7.94. The number of thiophene rings is 1. The highest BCUT2D eigenvalue weighted by molar-refractivity contribution is 8.00. The van der Waals surface area contributed by atoms with Crippen LogP contribution in [0.25, 0.3) is 0 Å². The highest BCUT2D eigenvalue weighted by Crippen LogP contribution is 2.35. The van der Waals surface area contributed by atoms with Crippen LogP contribution in [0.3, 0.4) is 0 Å². The van der Waals surface area contributed by atoms with Crippen LogP contribution in [0, 0.1) is 6.92 Å². The summed E-state index contributed by atoms with van der Waals surface area (Å²) < 4.78 is 4.95. The topological polar surface area (TPSA) is 109 Å². The molecular formula is C30H28N4O4S3. The van der Waals surface area contributed by atoms with Gasteiger partial charge in [-0.1, -0.05) is 42.5 Å². The molecule has 0 aliphatic rings. The molecule has 0 fully saturated rings. The molecule has 1 heterocycles. The molecule has 0 saturated heterocycles. The second kappa shape index (κ2) is 13.9. The fourth-order valence-corrected chi connectivity index (χ4v) is 6.06. The van der Waals surface area contributed by atoms with Crippen molar-refractivity contribution in [2.24, 2.45) is 0 Å². The lowest BCUT2D eigenvalue weighted by atomic mass is 10.1. The van der Waals surface area contributed by atoms with Gasteiger partial charge in [-0.2, -0.15) is 0 Å². The van der Waals surface area contributed by atoms with Crippen molar-refractivity contribution >= 4 is 80.3 Å². The lowest BCUT2D eigenvalue weighted by molar-refractivity contribution is -0.115. The van der Waals surface area contributed by atoms with E-state index in [0.29, 0.717) is 21.2 Å². The first-order chi connectivity index (χ1) is 19.7. The lowest BCUT2D eigenvalue weighted by Crippen LogP contribution is -2.23. The average molecular weight is 605 g/mol. The van der Waals surface area contributed by atoms with E-state index in [1.165, 1.54) is 18.9 Å². The summed E-state index contributed by atoms with van der Waals surface area (Å²) in [6.45, 7) is 3.43. The van der Waals surface area contributed by atoms with Gasteiger partial charge in [-0.15, -0.1) is 23.1 Å². The molecule has 8 nitrogen and oxygen atoms in total. The number of anilines is 4. The number of carbonyl (C=O) groups is 3. The summed E-state index contributed by atoms with van der Waals surface area (Å²) in [7, 11) is 1.26. The van der Waals surface area contributed by atoms with Crippen molar-refractivity contribution in [2.45, 2.75) is 24.0 Å². The van der Waals surface area contributed by atoms with Crippen LogP contribution in [0.15, 0.2) is 89.8 Å². The highest BCUT2D eigenvalue weighted by Gasteiger charge is 2.27. The number of esters is 1. The van der Waals surface area contributed by atoms with E-state index < -0.39 is 11.2 Å². The molecule has 1 unspecified atom stereocenters. The zero-order valence-electron chi connectivity index (χ0n) is 22.5. The van der Waals surface area contributed by atoms with Crippen LogP contribution in [0.2, 0.25) is 0 Å². The lowest BCUT2D eigenvalue weighted by Gasteiger charge is -2.14. The van der Waals surface area contributed by atoms with Gasteiger partial charge in [0.15, 0.2) is 5.11 Å². The van der Waals surface area contributed by atoms with Crippen LogP contribution in [0.4, 0.5) is 22.1 Å². The number of para-hydroxylation sites is 2. The Labute approximate surface area is 251 Å². The fraction of sp³-hybridized carbons (Fsp3) is 0.133. The SMILES string of the molecule is COC(=O)c1c(NC(=O)C(C)Sc2cccc(NC(=S)Nc3ccccc3)c2)sc(C(=O)Nc2ccccc2)c1C. The first kappa shape index (κ1) is 29.8. The van der Waals surface area contributed by atoms with Gasteiger partial charge >= 0.3 is 5.97 Å². The van der Waals surface area contributed by atoms with E-state index in [-0.39, 0.29) is 22.4 Å². The first-order valence-electron chi connectivity index (χ1n) is 12.5. The molecule has 2 amide bonds. The number of hydrogen-bond acceptors (Lipinski definition) is 7. The third-order valence-electron chi connectivity index (χ3n) is 5.82. The Bertz CT molecular complexity index is 1560. The quantitative estimate of drug-likeness (QED) is 0.0917. The van der Waals surface area contributed by atoms with Gasteiger partial charge in [-0.05, 0) is 74.1 Å². The molecule has 41 heavy (non-hydrogen) atoms. The van der Waals surface area contributed by atoms with Crippen molar-refractivity contribution < 1.29 is 19.1 Å². The standard InChI is InChI=1S/C30H28N4O4S3/c1-18-24(29(37)38-3)28(41-25(18)27(36)31-20-11-6-4-7-12-20)34-26(35)19(2)40-23-16-10-15-22(17-23)33-30(39)32-21-13-8-5-9-14-21/h4-17,19H,1-3H3,(H,31,36)(H,34,35)(H2,32,33,39). The second-order valence-electron chi connectivity index (χ2n) is 8.79. The Morgan fingerprint density at radius 1 is 0.829 bits per heavy atom. The van der Waals surface area contributed by atoms with Crippen LogP contribution in [-0.2, 0) is 9.53 Å². The number of carbonyl (C=O) groups excluding carboxylic acids is 3. The van der Waals surface area contributed by atoms with Gasteiger partial charge in [0, 0.05) is 22.0 Å². The molecule has 4 aromatic rings. The zero-order valence-corrected chi connectivity index (χ0v) is 25.0. The molecule has 4 rings (SSSR count). The summed E-state index contributed by atoms with van der Waals surface area (Å²) in [5.74, 6) is -1.33. The number of methoxy groups -OCH3 is 1. The number of ether oxygens (including phenoxy) is 1. The number of hydrogen-bond donors (Lipinski definition) is 4. The van der Waals surface area contributed by atoms with E-state index in [1.54, 1.807) is 26.0 Å². The van der Waals surface area contributed by atoms with Gasteiger partial charge in [0.25, 0.3) is 5.91 Å². The molecule has 0 saturated carbocycles. The zero-order chi connectivity index (χ0) is 29.4. The predicted molar refractivity (Wildman–Crippen MR) is 171 cm³/mol. The molecular weight excluding hydrogens is 577 g/mol. The number of benzene rings is 3. The van der Waals surface area contributed by atoms with E-state index in [2.05, 4.69) is 21.3 Å². The molecule has 1 aromatic heterocycles. The smallest absolute Gasteiger partial charge is 0.341 e. The van der Waals surface area contributed by atoms with Crippen molar-refractivity contribution in [1.29, 1.82) is 0 Å². The molecule has 0 radical (unpaired) electrons. The van der Waals surface area contributed by atoms with E-state index in [9.17, 15) is 14.4 Å². The first-order valence-corrected chi connectivity index (χ1v) is 14.6. The van der Waals surface area contributed by atoms with Gasteiger partial charge in [0.05, 0.1) is 22.8 Å². The Balaban J connectivity index is 1.44. The van der Waals surface area contributed by atoms with Gasteiger partial charge in [0.2, 0.25) is 5.91 Å².